The van der Waals surface area contributed by atoms with E-state index in [0.29, 0.717) is 40.7 Å². The van der Waals surface area contributed by atoms with E-state index < -0.39 is 30.1 Å². The van der Waals surface area contributed by atoms with Gasteiger partial charge in [0.15, 0.2) is 6.10 Å². The molecule has 2 aromatic rings. The molecule has 0 radical (unpaired) electrons. The summed E-state index contributed by atoms with van der Waals surface area (Å²) in [6, 6.07) is 12.7. The number of benzene rings is 2. The Hall–Kier alpha value is -2.28. The average Bonchev–Trinajstić information content (AvgIpc) is 3.23. The molecule has 3 atom stereocenters. The molecule has 1 amide bonds. The maximum absolute atomic E-state index is 13.1. The van der Waals surface area contributed by atoms with E-state index in [1.54, 1.807) is 18.2 Å². The van der Waals surface area contributed by atoms with Gasteiger partial charge in [0.2, 0.25) is 0 Å². The van der Waals surface area contributed by atoms with Crippen molar-refractivity contribution >= 4 is 40.8 Å². The van der Waals surface area contributed by atoms with Gasteiger partial charge < -0.3 is 20.1 Å². The molecule has 3 rings (SSSR count). The lowest BCUT2D eigenvalue weighted by atomic mass is 9.99. The van der Waals surface area contributed by atoms with E-state index in [0.717, 1.165) is 0 Å². The summed E-state index contributed by atoms with van der Waals surface area (Å²) >= 11 is 12.1. The Kier molecular flexibility index (Phi) is 7.00. The molecule has 1 heterocycles. The zero-order chi connectivity index (χ0) is 21.0. The molecule has 0 aromatic heterocycles. The van der Waals surface area contributed by atoms with E-state index in [4.69, 9.17) is 27.9 Å². The minimum absolute atomic E-state index is 0.356. The third-order valence-corrected chi connectivity index (χ3v) is 5.72. The molecule has 2 N–H and O–H groups in total. The first-order valence-electron chi connectivity index (χ1n) is 9.25. The van der Waals surface area contributed by atoms with Crippen LogP contribution in [-0.4, -0.2) is 47.7 Å². The van der Waals surface area contributed by atoms with Gasteiger partial charge in [-0.1, -0.05) is 53.5 Å². The number of aliphatic hydroxyl groups excluding tert-OH is 1. The van der Waals surface area contributed by atoms with E-state index in [-0.39, 0.29) is 0 Å². The molecule has 0 bridgehead atoms. The summed E-state index contributed by atoms with van der Waals surface area (Å²) in [6.07, 6.45) is -0.229. The number of ether oxygens (including phenoxy) is 1. The Labute approximate surface area is 179 Å². The number of anilines is 1. The zero-order valence-corrected chi connectivity index (χ0v) is 17.4. The fourth-order valence-corrected chi connectivity index (χ4v) is 3.79. The molecule has 2 aromatic carbocycles. The summed E-state index contributed by atoms with van der Waals surface area (Å²) in [5.41, 5.74) is 1.32. The number of rotatable bonds is 6. The van der Waals surface area contributed by atoms with Crippen molar-refractivity contribution in [2.75, 3.05) is 19.0 Å². The summed E-state index contributed by atoms with van der Waals surface area (Å²) in [5, 5.41) is 14.9. The highest BCUT2D eigenvalue weighted by atomic mass is 35.5. The predicted octanol–water partition coefficient (Wildman–Crippen LogP) is 3.67. The quantitative estimate of drug-likeness (QED) is 0.675. The molecular weight excluding hydrogens is 415 g/mol. The number of hydrogen-bond acceptors (Lipinski definition) is 5. The monoisotopic (exact) mass is 436 g/mol. The van der Waals surface area contributed by atoms with Crippen LogP contribution in [-0.2, 0) is 14.3 Å². The molecular formula is C21H22Cl2N2O4. The van der Waals surface area contributed by atoms with Crippen LogP contribution in [0.3, 0.4) is 0 Å². The number of carbonyl (C=O) groups excluding carboxylic acids is 2. The number of methoxy groups -OCH3 is 1. The highest BCUT2D eigenvalue weighted by Crippen LogP contribution is 2.30. The third kappa shape index (κ3) is 4.83. The average molecular weight is 437 g/mol. The van der Waals surface area contributed by atoms with Crippen LogP contribution in [0.1, 0.15) is 24.4 Å². The Morgan fingerprint density at radius 3 is 2.55 bits per heavy atom. The van der Waals surface area contributed by atoms with Crippen molar-refractivity contribution in [2.24, 2.45) is 0 Å². The molecule has 8 heteroatoms. The zero-order valence-electron chi connectivity index (χ0n) is 15.8. The second kappa shape index (κ2) is 9.48. The van der Waals surface area contributed by atoms with Gasteiger partial charge in [0.25, 0.3) is 5.91 Å². The summed E-state index contributed by atoms with van der Waals surface area (Å²) in [7, 11) is 1.29. The SMILES string of the molecule is COC(=O)[C@H]1CCCN1C(=O)[C@H](O)[C@H](Nc1ccc(Cl)c(Cl)c1)c1ccccc1. The fourth-order valence-electron chi connectivity index (χ4n) is 3.49. The minimum atomic E-state index is -1.42. The van der Waals surface area contributed by atoms with Gasteiger partial charge in [-0.3, -0.25) is 4.79 Å². The number of hydrogen-bond donors (Lipinski definition) is 2. The Balaban J connectivity index is 1.88. The first-order chi connectivity index (χ1) is 13.9. The minimum Gasteiger partial charge on any atom is -0.467 e. The van der Waals surface area contributed by atoms with Crippen LogP contribution < -0.4 is 5.32 Å². The van der Waals surface area contributed by atoms with Gasteiger partial charge in [0, 0.05) is 12.2 Å². The van der Waals surface area contributed by atoms with Gasteiger partial charge in [-0.25, -0.2) is 4.79 Å². The van der Waals surface area contributed by atoms with Crippen molar-refractivity contribution in [1.29, 1.82) is 0 Å². The number of aliphatic hydroxyl groups is 1. The maximum atomic E-state index is 13.1. The number of esters is 1. The summed E-state index contributed by atoms with van der Waals surface area (Å²) in [6.45, 7) is 0.393. The first-order valence-corrected chi connectivity index (χ1v) is 10.0. The molecule has 29 heavy (non-hydrogen) atoms. The Morgan fingerprint density at radius 1 is 1.17 bits per heavy atom. The van der Waals surface area contributed by atoms with Crippen LogP contribution >= 0.6 is 23.2 Å². The number of halogens is 2. The number of carbonyl (C=O) groups is 2. The van der Waals surface area contributed by atoms with Gasteiger partial charge in [-0.15, -0.1) is 0 Å². The smallest absolute Gasteiger partial charge is 0.328 e. The second-order valence-corrected chi connectivity index (χ2v) is 7.63. The van der Waals surface area contributed by atoms with Crippen LogP contribution in [0.4, 0.5) is 5.69 Å². The van der Waals surface area contributed by atoms with E-state index in [2.05, 4.69) is 5.32 Å². The van der Waals surface area contributed by atoms with Crippen molar-refractivity contribution in [3.63, 3.8) is 0 Å². The van der Waals surface area contributed by atoms with E-state index in [1.165, 1.54) is 12.0 Å². The molecule has 1 aliphatic heterocycles. The van der Waals surface area contributed by atoms with E-state index in [1.807, 2.05) is 30.3 Å². The van der Waals surface area contributed by atoms with Crippen LogP contribution in [0, 0.1) is 0 Å². The first kappa shape index (κ1) is 21.4. The van der Waals surface area contributed by atoms with Crippen LogP contribution in [0.5, 0.6) is 0 Å². The third-order valence-electron chi connectivity index (χ3n) is 4.98. The summed E-state index contributed by atoms with van der Waals surface area (Å²) < 4.78 is 4.80. The molecule has 154 valence electrons. The molecule has 1 aliphatic rings. The standard InChI is InChI=1S/C21H22Cl2N2O4/c1-29-21(28)17-8-5-11-25(17)20(27)19(26)18(13-6-3-2-4-7-13)24-14-9-10-15(22)16(23)12-14/h2-4,6-7,9-10,12,17-19,24,26H,5,8,11H2,1H3/t17-,18-,19-/m1/s1. The normalized spacial score (nSPS) is 18.2. The molecule has 0 unspecified atom stereocenters. The lowest BCUT2D eigenvalue weighted by molar-refractivity contribution is -0.154. The van der Waals surface area contributed by atoms with Crippen molar-refractivity contribution in [3.05, 3.63) is 64.1 Å². The van der Waals surface area contributed by atoms with Crippen molar-refractivity contribution in [2.45, 2.75) is 31.0 Å². The molecule has 6 nitrogen and oxygen atoms in total. The van der Waals surface area contributed by atoms with Crippen LogP contribution in [0.15, 0.2) is 48.5 Å². The predicted molar refractivity (Wildman–Crippen MR) is 112 cm³/mol. The maximum Gasteiger partial charge on any atom is 0.328 e. The van der Waals surface area contributed by atoms with Crippen LogP contribution in [0.2, 0.25) is 10.0 Å². The molecule has 0 aliphatic carbocycles. The lowest BCUT2D eigenvalue weighted by Crippen LogP contribution is -2.48. The van der Waals surface area contributed by atoms with Gasteiger partial charge in [-0.05, 0) is 36.6 Å². The highest BCUT2D eigenvalue weighted by Gasteiger charge is 2.40. The number of nitrogens with zero attached hydrogens (tertiary/aromatic N) is 1. The second-order valence-electron chi connectivity index (χ2n) is 6.82. The summed E-state index contributed by atoms with van der Waals surface area (Å²) in [4.78, 5) is 26.5. The largest absolute Gasteiger partial charge is 0.467 e. The fraction of sp³-hybridized carbons (Fsp3) is 0.333. The van der Waals surface area contributed by atoms with Gasteiger partial charge >= 0.3 is 5.97 Å². The van der Waals surface area contributed by atoms with E-state index >= 15 is 0 Å². The Bertz CT molecular complexity index is 878. The Morgan fingerprint density at radius 2 is 1.90 bits per heavy atom. The molecule has 1 fully saturated rings. The number of amides is 1. The summed E-state index contributed by atoms with van der Waals surface area (Å²) in [5.74, 6) is -1.00. The van der Waals surface area contributed by atoms with Crippen molar-refractivity contribution in [1.82, 2.24) is 4.90 Å². The van der Waals surface area contributed by atoms with Gasteiger partial charge in [0.1, 0.15) is 6.04 Å². The highest BCUT2D eigenvalue weighted by molar-refractivity contribution is 6.42. The van der Waals surface area contributed by atoms with Crippen molar-refractivity contribution in [3.8, 4) is 0 Å². The van der Waals surface area contributed by atoms with Crippen LogP contribution in [0.25, 0.3) is 0 Å². The number of likely N-dealkylation sites (tertiary alicyclic amines) is 1. The lowest BCUT2D eigenvalue weighted by Gasteiger charge is -2.30. The van der Waals surface area contributed by atoms with Gasteiger partial charge in [0.05, 0.1) is 23.2 Å². The molecule has 0 spiro atoms. The van der Waals surface area contributed by atoms with Gasteiger partial charge in [-0.2, -0.15) is 0 Å². The topological polar surface area (TPSA) is 78.9 Å². The molecule has 1 saturated heterocycles. The molecule has 0 saturated carbocycles. The van der Waals surface area contributed by atoms with E-state index in [9.17, 15) is 14.7 Å². The van der Waals surface area contributed by atoms with Crippen molar-refractivity contribution < 1.29 is 19.4 Å². The number of nitrogens with one attached hydrogen (secondary N) is 1.